The van der Waals surface area contributed by atoms with E-state index in [4.69, 9.17) is 21.8 Å². The minimum atomic E-state index is -0.423. The molecule has 1 unspecified atom stereocenters. The number of carbonyl (C=O) groups is 1. The van der Waals surface area contributed by atoms with Crippen LogP contribution in [0.5, 0.6) is 0 Å². The molecule has 6 nitrogen and oxygen atoms in total. The van der Waals surface area contributed by atoms with Crippen molar-refractivity contribution in [3.63, 3.8) is 0 Å². The summed E-state index contributed by atoms with van der Waals surface area (Å²) in [5, 5.41) is 0.646. The zero-order valence-corrected chi connectivity index (χ0v) is 14.4. The van der Waals surface area contributed by atoms with Gasteiger partial charge in [-0.05, 0) is 24.6 Å². The van der Waals surface area contributed by atoms with Gasteiger partial charge in [0.05, 0.1) is 12.7 Å². The zero-order chi connectivity index (χ0) is 17.1. The number of carbonyl (C=O) groups excluding carboxylic acids is 1. The first-order chi connectivity index (χ1) is 11.5. The molecule has 1 fully saturated rings. The SMILES string of the molecule is Cc1cnc(CN2CCN(C(C(N)=O)c3ccc(Cl)cc3)CC2)o1. The topological polar surface area (TPSA) is 75.6 Å². The van der Waals surface area contributed by atoms with Crippen molar-refractivity contribution >= 4 is 17.5 Å². The van der Waals surface area contributed by atoms with Gasteiger partial charge < -0.3 is 10.2 Å². The van der Waals surface area contributed by atoms with Crippen LogP contribution in [0.15, 0.2) is 34.9 Å². The van der Waals surface area contributed by atoms with Crippen LogP contribution in [0.25, 0.3) is 0 Å². The second-order valence-corrected chi connectivity index (χ2v) is 6.47. The van der Waals surface area contributed by atoms with Crippen LogP contribution in [0.3, 0.4) is 0 Å². The van der Waals surface area contributed by atoms with Gasteiger partial charge in [0.1, 0.15) is 11.8 Å². The summed E-state index contributed by atoms with van der Waals surface area (Å²) in [4.78, 5) is 20.6. The van der Waals surface area contributed by atoms with Crippen LogP contribution in [-0.2, 0) is 11.3 Å². The first kappa shape index (κ1) is 17.0. The largest absolute Gasteiger partial charge is 0.445 e. The van der Waals surface area contributed by atoms with Gasteiger partial charge in [0, 0.05) is 31.2 Å². The summed E-state index contributed by atoms with van der Waals surface area (Å²) in [5.41, 5.74) is 6.52. The van der Waals surface area contributed by atoms with Crippen molar-refractivity contribution in [1.82, 2.24) is 14.8 Å². The maximum atomic E-state index is 12.0. The Morgan fingerprint density at radius 1 is 1.29 bits per heavy atom. The molecule has 0 aliphatic carbocycles. The van der Waals surface area contributed by atoms with E-state index in [1.807, 2.05) is 19.1 Å². The molecule has 2 N–H and O–H groups in total. The van der Waals surface area contributed by atoms with E-state index in [1.165, 1.54) is 0 Å². The molecule has 0 bridgehead atoms. The highest BCUT2D eigenvalue weighted by atomic mass is 35.5. The molecule has 1 aromatic heterocycles. The van der Waals surface area contributed by atoms with Gasteiger partial charge in [-0.1, -0.05) is 23.7 Å². The van der Waals surface area contributed by atoms with Gasteiger partial charge in [0.15, 0.2) is 0 Å². The highest BCUT2D eigenvalue weighted by Gasteiger charge is 2.29. The van der Waals surface area contributed by atoms with Crippen molar-refractivity contribution in [2.24, 2.45) is 5.73 Å². The van der Waals surface area contributed by atoms with Crippen molar-refractivity contribution < 1.29 is 9.21 Å². The van der Waals surface area contributed by atoms with Gasteiger partial charge in [-0.3, -0.25) is 14.6 Å². The van der Waals surface area contributed by atoms with Crippen molar-refractivity contribution in [2.75, 3.05) is 26.2 Å². The molecular weight excluding hydrogens is 328 g/mol. The number of halogens is 1. The fourth-order valence-electron chi connectivity index (χ4n) is 3.05. The second kappa shape index (κ2) is 7.34. The second-order valence-electron chi connectivity index (χ2n) is 6.03. The van der Waals surface area contributed by atoms with Gasteiger partial charge in [0.25, 0.3) is 0 Å². The van der Waals surface area contributed by atoms with E-state index in [9.17, 15) is 4.79 Å². The lowest BCUT2D eigenvalue weighted by Gasteiger charge is -2.37. The number of rotatable bonds is 5. The zero-order valence-electron chi connectivity index (χ0n) is 13.6. The molecule has 24 heavy (non-hydrogen) atoms. The van der Waals surface area contributed by atoms with Crippen molar-refractivity contribution in [2.45, 2.75) is 19.5 Å². The standard InChI is InChI=1S/C17H21ClN4O2/c1-12-10-20-15(24-12)11-21-6-8-22(9-7-21)16(17(19)23)13-2-4-14(18)5-3-13/h2-5,10,16H,6-9,11H2,1H3,(H2,19,23). The lowest BCUT2D eigenvalue weighted by Crippen LogP contribution is -2.50. The smallest absolute Gasteiger partial charge is 0.239 e. The Balaban J connectivity index is 1.63. The molecule has 1 saturated heterocycles. The lowest BCUT2D eigenvalue weighted by molar-refractivity contribution is -0.124. The van der Waals surface area contributed by atoms with E-state index < -0.39 is 6.04 Å². The average Bonchev–Trinajstić information content (AvgIpc) is 2.96. The average molecular weight is 349 g/mol. The van der Waals surface area contributed by atoms with Crippen LogP contribution in [-0.4, -0.2) is 46.9 Å². The van der Waals surface area contributed by atoms with Gasteiger partial charge >= 0.3 is 0 Å². The number of amides is 1. The molecule has 2 heterocycles. The summed E-state index contributed by atoms with van der Waals surface area (Å²) in [6.45, 7) is 5.76. The van der Waals surface area contributed by atoms with Gasteiger partial charge in [-0.15, -0.1) is 0 Å². The number of piperazine rings is 1. The van der Waals surface area contributed by atoms with Crippen LogP contribution >= 0.6 is 11.6 Å². The van der Waals surface area contributed by atoms with Crippen molar-refractivity contribution in [1.29, 1.82) is 0 Å². The first-order valence-electron chi connectivity index (χ1n) is 7.95. The van der Waals surface area contributed by atoms with Crippen molar-refractivity contribution in [3.8, 4) is 0 Å². The Kier molecular flexibility index (Phi) is 5.18. The van der Waals surface area contributed by atoms with Crippen LogP contribution in [0, 0.1) is 6.92 Å². The summed E-state index contributed by atoms with van der Waals surface area (Å²) in [7, 11) is 0. The molecule has 0 spiro atoms. The third kappa shape index (κ3) is 3.95. The maximum absolute atomic E-state index is 12.0. The normalized spacial score (nSPS) is 17.8. The predicted molar refractivity (Wildman–Crippen MR) is 91.5 cm³/mol. The minimum Gasteiger partial charge on any atom is -0.445 e. The van der Waals surface area contributed by atoms with E-state index in [1.54, 1.807) is 18.3 Å². The van der Waals surface area contributed by atoms with E-state index >= 15 is 0 Å². The summed E-state index contributed by atoms with van der Waals surface area (Å²) in [6.07, 6.45) is 1.73. The molecule has 3 rings (SSSR count). The maximum Gasteiger partial charge on any atom is 0.239 e. The fourth-order valence-corrected chi connectivity index (χ4v) is 3.17. The molecule has 1 aliphatic rings. The number of nitrogens with two attached hydrogens (primary N) is 1. The Hall–Kier alpha value is -1.89. The van der Waals surface area contributed by atoms with Gasteiger partial charge in [0.2, 0.25) is 11.8 Å². The summed E-state index contributed by atoms with van der Waals surface area (Å²) >= 11 is 5.93. The molecule has 128 valence electrons. The molecule has 0 saturated carbocycles. The minimum absolute atomic E-state index is 0.339. The number of hydrogen-bond acceptors (Lipinski definition) is 5. The lowest BCUT2D eigenvalue weighted by atomic mass is 10.0. The van der Waals surface area contributed by atoms with E-state index in [-0.39, 0.29) is 5.91 Å². The number of primary amides is 1. The van der Waals surface area contributed by atoms with E-state index in [0.717, 1.165) is 43.4 Å². The van der Waals surface area contributed by atoms with Crippen LogP contribution in [0.4, 0.5) is 0 Å². The Morgan fingerprint density at radius 2 is 1.96 bits per heavy atom. The molecule has 2 aromatic rings. The Morgan fingerprint density at radius 3 is 2.50 bits per heavy atom. The number of benzene rings is 1. The number of nitrogens with zero attached hydrogens (tertiary/aromatic N) is 3. The quantitative estimate of drug-likeness (QED) is 0.894. The van der Waals surface area contributed by atoms with Crippen LogP contribution < -0.4 is 5.73 Å². The molecule has 1 amide bonds. The molecule has 1 atom stereocenters. The summed E-state index contributed by atoms with van der Waals surface area (Å²) < 4.78 is 5.53. The molecule has 7 heteroatoms. The molecular formula is C17H21ClN4O2. The number of aromatic nitrogens is 1. The summed E-state index contributed by atoms with van der Waals surface area (Å²) in [5.74, 6) is 1.21. The first-order valence-corrected chi connectivity index (χ1v) is 8.33. The van der Waals surface area contributed by atoms with Crippen LogP contribution in [0.1, 0.15) is 23.3 Å². The number of oxazole rings is 1. The number of aryl methyl sites for hydroxylation is 1. The Labute approximate surface area is 146 Å². The highest BCUT2D eigenvalue weighted by molar-refractivity contribution is 6.30. The third-order valence-corrected chi connectivity index (χ3v) is 4.51. The van der Waals surface area contributed by atoms with E-state index in [2.05, 4.69) is 14.8 Å². The monoisotopic (exact) mass is 348 g/mol. The van der Waals surface area contributed by atoms with Gasteiger partial charge in [-0.2, -0.15) is 0 Å². The summed E-state index contributed by atoms with van der Waals surface area (Å²) in [6, 6.07) is 6.87. The third-order valence-electron chi connectivity index (χ3n) is 4.26. The molecule has 0 radical (unpaired) electrons. The number of hydrogen-bond donors (Lipinski definition) is 1. The van der Waals surface area contributed by atoms with Crippen LogP contribution in [0.2, 0.25) is 5.02 Å². The molecule has 1 aliphatic heterocycles. The highest BCUT2D eigenvalue weighted by Crippen LogP contribution is 2.24. The molecule has 1 aromatic carbocycles. The van der Waals surface area contributed by atoms with Gasteiger partial charge in [-0.25, -0.2) is 4.98 Å². The Bertz CT molecular complexity index is 693. The fraction of sp³-hybridized carbons (Fsp3) is 0.412. The van der Waals surface area contributed by atoms with Crippen molar-refractivity contribution in [3.05, 3.63) is 52.7 Å². The van der Waals surface area contributed by atoms with E-state index in [0.29, 0.717) is 11.6 Å². The predicted octanol–water partition coefficient (Wildman–Crippen LogP) is 1.98.